The lowest BCUT2D eigenvalue weighted by molar-refractivity contribution is -0.671. The molecule has 1 heterocycles. The van der Waals surface area contributed by atoms with Crippen molar-refractivity contribution in [2.45, 2.75) is 6.92 Å². The van der Waals surface area contributed by atoms with Crippen molar-refractivity contribution in [3.8, 4) is 5.75 Å². The monoisotopic (exact) mass is 353 g/mol. The molecule has 0 fully saturated rings. The summed E-state index contributed by atoms with van der Waals surface area (Å²) in [6, 6.07) is 9.65. The van der Waals surface area contributed by atoms with E-state index >= 15 is 0 Å². The highest BCUT2D eigenvalue weighted by atomic mass is 127. The summed E-state index contributed by atoms with van der Waals surface area (Å²) in [5.74, 6) is 0.313. The van der Waals surface area contributed by atoms with Crippen LogP contribution in [0.3, 0.4) is 0 Å². The zero-order valence-electron chi connectivity index (χ0n) is 10.5. The molecular weight excluding hydrogens is 337 g/mol. The van der Waals surface area contributed by atoms with Crippen molar-refractivity contribution in [3.63, 3.8) is 0 Å². The molecule has 18 heavy (non-hydrogen) atoms. The SMILES string of the molecule is Cc1ccc(O)c(/C=C/c2cc[n+](C)cc2)c1.[I-]. The molecule has 0 radical (unpaired) electrons. The van der Waals surface area contributed by atoms with E-state index in [2.05, 4.69) is 0 Å². The van der Waals surface area contributed by atoms with E-state index in [9.17, 15) is 5.11 Å². The number of phenolic OH excluding ortho intramolecular Hbond substituents is 1. The second kappa shape index (κ2) is 6.54. The van der Waals surface area contributed by atoms with E-state index in [0.717, 1.165) is 16.7 Å². The largest absolute Gasteiger partial charge is 1.00 e. The van der Waals surface area contributed by atoms with Crippen LogP contribution < -0.4 is 28.5 Å². The zero-order chi connectivity index (χ0) is 12.3. The number of aromatic hydroxyl groups is 1. The van der Waals surface area contributed by atoms with E-state index in [4.69, 9.17) is 0 Å². The van der Waals surface area contributed by atoms with Gasteiger partial charge in [0, 0.05) is 17.7 Å². The summed E-state index contributed by atoms with van der Waals surface area (Å²) in [7, 11) is 1.99. The number of phenols is 1. The molecule has 1 aromatic heterocycles. The number of halogens is 1. The Hall–Kier alpha value is -1.36. The predicted octanol–water partition coefficient (Wildman–Crippen LogP) is -0.300. The highest BCUT2D eigenvalue weighted by Gasteiger charge is 1.97. The quantitative estimate of drug-likeness (QED) is 0.582. The fourth-order valence-electron chi connectivity index (χ4n) is 1.62. The lowest BCUT2D eigenvalue weighted by Gasteiger charge is -2.00. The van der Waals surface area contributed by atoms with Crippen LogP contribution in [-0.4, -0.2) is 5.11 Å². The minimum absolute atomic E-state index is 0. The van der Waals surface area contributed by atoms with Gasteiger partial charge in [0.15, 0.2) is 12.4 Å². The summed E-state index contributed by atoms with van der Waals surface area (Å²) in [6.07, 6.45) is 7.91. The Morgan fingerprint density at radius 3 is 2.39 bits per heavy atom. The van der Waals surface area contributed by atoms with Crippen LogP contribution in [-0.2, 0) is 7.05 Å². The number of hydrogen-bond donors (Lipinski definition) is 1. The number of nitrogens with zero attached hydrogens (tertiary/aromatic N) is 1. The van der Waals surface area contributed by atoms with Gasteiger partial charge in [0.2, 0.25) is 0 Å². The van der Waals surface area contributed by atoms with Gasteiger partial charge < -0.3 is 29.1 Å². The van der Waals surface area contributed by atoms with Crippen LogP contribution >= 0.6 is 0 Å². The van der Waals surface area contributed by atoms with Gasteiger partial charge in [0.05, 0.1) is 0 Å². The maximum absolute atomic E-state index is 9.70. The third-order valence-corrected chi connectivity index (χ3v) is 2.64. The Morgan fingerprint density at radius 1 is 1.06 bits per heavy atom. The maximum atomic E-state index is 9.70. The maximum Gasteiger partial charge on any atom is 0.169 e. The van der Waals surface area contributed by atoms with E-state index in [1.807, 2.05) is 67.3 Å². The molecule has 94 valence electrons. The minimum Gasteiger partial charge on any atom is -1.00 e. The summed E-state index contributed by atoms with van der Waals surface area (Å²) in [4.78, 5) is 0. The Morgan fingerprint density at radius 2 is 1.72 bits per heavy atom. The van der Waals surface area contributed by atoms with Crippen molar-refractivity contribution in [3.05, 3.63) is 59.4 Å². The van der Waals surface area contributed by atoms with Gasteiger partial charge in [0.25, 0.3) is 0 Å². The van der Waals surface area contributed by atoms with Gasteiger partial charge in [-0.15, -0.1) is 0 Å². The summed E-state index contributed by atoms with van der Waals surface area (Å²) >= 11 is 0. The molecule has 0 atom stereocenters. The molecule has 0 saturated heterocycles. The molecule has 0 saturated carbocycles. The van der Waals surface area contributed by atoms with Crippen LogP contribution in [0.2, 0.25) is 0 Å². The van der Waals surface area contributed by atoms with Gasteiger partial charge in [-0.05, 0) is 24.6 Å². The van der Waals surface area contributed by atoms with Crippen molar-refractivity contribution in [1.82, 2.24) is 0 Å². The lowest BCUT2D eigenvalue weighted by Crippen LogP contribution is -3.00. The summed E-state index contributed by atoms with van der Waals surface area (Å²) < 4.78 is 1.99. The first kappa shape index (κ1) is 14.7. The molecule has 3 heteroatoms. The number of benzene rings is 1. The van der Waals surface area contributed by atoms with E-state index in [1.165, 1.54) is 0 Å². The number of aromatic nitrogens is 1. The first-order valence-electron chi connectivity index (χ1n) is 5.58. The van der Waals surface area contributed by atoms with Crippen LogP contribution in [0, 0.1) is 6.92 Å². The van der Waals surface area contributed by atoms with Gasteiger partial charge in [0.1, 0.15) is 12.8 Å². The first-order chi connectivity index (χ1) is 8.15. The molecule has 0 bridgehead atoms. The second-order valence-electron chi connectivity index (χ2n) is 4.19. The molecule has 2 aromatic rings. The molecule has 0 amide bonds. The van der Waals surface area contributed by atoms with Crippen LogP contribution in [0.4, 0.5) is 0 Å². The molecule has 2 nitrogen and oxygen atoms in total. The van der Waals surface area contributed by atoms with E-state index < -0.39 is 0 Å². The Bertz CT molecular complexity index is 547. The second-order valence-corrected chi connectivity index (χ2v) is 4.19. The Labute approximate surface area is 125 Å². The van der Waals surface area contributed by atoms with E-state index in [-0.39, 0.29) is 24.0 Å². The van der Waals surface area contributed by atoms with Gasteiger partial charge in [-0.1, -0.05) is 23.8 Å². The fraction of sp³-hybridized carbons (Fsp3) is 0.133. The fourth-order valence-corrected chi connectivity index (χ4v) is 1.62. The normalized spacial score (nSPS) is 10.3. The highest BCUT2D eigenvalue weighted by Crippen LogP contribution is 2.20. The van der Waals surface area contributed by atoms with Crippen molar-refractivity contribution in [1.29, 1.82) is 0 Å². The summed E-state index contributed by atoms with van der Waals surface area (Å²) in [5.41, 5.74) is 3.10. The molecular formula is C15H16INO. The third kappa shape index (κ3) is 3.84. The number of aryl methyl sites for hydroxylation is 2. The molecule has 2 rings (SSSR count). The smallest absolute Gasteiger partial charge is 0.169 e. The van der Waals surface area contributed by atoms with Crippen LogP contribution in [0.25, 0.3) is 12.2 Å². The number of pyridine rings is 1. The zero-order valence-corrected chi connectivity index (χ0v) is 12.6. The average Bonchev–Trinajstić information content (AvgIpc) is 2.32. The standard InChI is InChI=1S/C15H15NO.HI/c1-12-3-6-15(17)14(11-12)5-4-13-7-9-16(2)10-8-13;/h3-11H,1-2H3;1H. The van der Waals surface area contributed by atoms with Gasteiger partial charge in [-0.3, -0.25) is 0 Å². The molecule has 0 aliphatic heterocycles. The molecule has 0 aliphatic rings. The number of hydrogen-bond acceptors (Lipinski definition) is 1. The van der Waals surface area contributed by atoms with E-state index in [0.29, 0.717) is 5.75 Å². The molecule has 1 aromatic carbocycles. The van der Waals surface area contributed by atoms with Crippen LogP contribution in [0.1, 0.15) is 16.7 Å². The topological polar surface area (TPSA) is 24.1 Å². The molecule has 1 N–H and O–H groups in total. The van der Waals surface area contributed by atoms with Crippen LogP contribution in [0.5, 0.6) is 5.75 Å². The van der Waals surface area contributed by atoms with Crippen LogP contribution in [0.15, 0.2) is 42.7 Å². The van der Waals surface area contributed by atoms with Crippen molar-refractivity contribution in [2.24, 2.45) is 7.05 Å². The summed E-state index contributed by atoms with van der Waals surface area (Å²) in [6.45, 7) is 2.01. The number of rotatable bonds is 2. The van der Waals surface area contributed by atoms with Gasteiger partial charge in [-0.25, -0.2) is 4.57 Å². The van der Waals surface area contributed by atoms with Gasteiger partial charge in [-0.2, -0.15) is 0 Å². The summed E-state index contributed by atoms with van der Waals surface area (Å²) in [5, 5.41) is 9.70. The van der Waals surface area contributed by atoms with E-state index in [1.54, 1.807) is 6.07 Å². The van der Waals surface area contributed by atoms with Crippen molar-refractivity contribution in [2.75, 3.05) is 0 Å². The molecule has 0 unspecified atom stereocenters. The minimum atomic E-state index is 0. The molecule has 0 spiro atoms. The van der Waals surface area contributed by atoms with Gasteiger partial charge >= 0.3 is 0 Å². The third-order valence-electron chi connectivity index (χ3n) is 2.64. The van der Waals surface area contributed by atoms with Crippen molar-refractivity contribution >= 4 is 12.2 Å². The lowest BCUT2D eigenvalue weighted by atomic mass is 10.1. The Kier molecular flexibility index (Phi) is 5.34. The van der Waals surface area contributed by atoms with Crippen molar-refractivity contribution < 1.29 is 33.7 Å². The molecule has 0 aliphatic carbocycles. The Balaban J connectivity index is 0.00000162. The predicted molar refractivity (Wildman–Crippen MR) is 69.4 cm³/mol. The first-order valence-corrected chi connectivity index (χ1v) is 5.58. The highest BCUT2D eigenvalue weighted by molar-refractivity contribution is 5.72. The average molecular weight is 353 g/mol.